The number of rotatable bonds is 7. The first-order valence-corrected chi connectivity index (χ1v) is 15.2. The number of thioether (sulfide) groups is 1. The molecule has 0 saturated heterocycles. The van der Waals surface area contributed by atoms with Crippen LogP contribution in [0.5, 0.6) is 5.75 Å². The lowest BCUT2D eigenvalue weighted by molar-refractivity contribution is -0.113. The number of hydrogen-bond donors (Lipinski definition) is 1. The van der Waals surface area contributed by atoms with E-state index in [0.717, 1.165) is 46.5 Å². The third kappa shape index (κ3) is 5.92. The first kappa shape index (κ1) is 27.5. The van der Waals surface area contributed by atoms with Gasteiger partial charge < -0.3 is 10.1 Å². The summed E-state index contributed by atoms with van der Waals surface area (Å²) in [5, 5.41) is 4.20. The van der Waals surface area contributed by atoms with Gasteiger partial charge in [-0.05, 0) is 86.4 Å². The van der Waals surface area contributed by atoms with E-state index in [-0.39, 0.29) is 22.6 Å². The minimum Gasteiger partial charge on any atom is -0.494 e. The molecule has 0 radical (unpaired) electrons. The number of amides is 1. The van der Waals surface area contributed by atoms with Crippen molar-refractivity contribution < 1.29 is 9.53 Å². The standard InChI is InChI=1S/C31H35N3O3S2/c1-6-37-23-14-10-21(11-15-23)32-26(35)18-38-30-33-28-27(29(36)34(30)22-12-7-19(2)8-13-22)24-16-9-20(31(3,4)5)17-25(24)39-28/h7-8,10-15,20H,6,9,16-18H2,1-5H3,(H,32,35). The van der Waals surface area contributed by atoms with Crippen molar-refractivity contribution in [1.29, 1.82) is 0 Å². The van der Waals surface area contributed by atoms with Gasteiger partial charge in [-0.3, -0.25) is 14.2 Å². The van der Waals surface area contributed by atoms with Gasteiger partial charge in [0.1, 0.15) is 10.6 Å². The zero-order valence-electron chi connectivity index (χ0n) is 23.2. The summed E-state index contributed by atoms with van der Waals surface area (Å²) >= 11 is 2.93. The second-order valence-corrected chi connectivity index (χ2v) is 13.2. The van der Waals surface area contributed by atoms with E-state index < -0.39 is 0 Å². The molecule has 204 valence electrons. The van der Waals surface area contributed by atoms with Crippen molar-refractivity contribution in [3.8, 4) is 11.4 Å². The van der Waals surface area contributed by atoms with Crippen LogP contribution >= 0.6 is 23.1 Å². The van der Waals surface area contributed by atoms with Gasteiger partial charge in [0, 0.05) is 10.6 Å². The van der Waals surface area contributed by atoms with Gasteiger partial charge in [0.2, 0.25) is 5.91 Å². The van der Waals surface area contributed by atoms with E-state index in [2.05, 4.69) is 26.1 Å². The van der Waals surface area contributed by atoms with E-state index in [1.165, 1.54) is 22.2 Å². The van der Waals surface area contributed by atoms with Crippen LogP contribution in [-0.4, -0.2) is 27.8 Å². The summed E-state index contributed by atoms with van der Waals surface area (Å²) in [7, 11) is 0. The minimum absolute atomic E-state index is 0.0509. The third-order valence-corrected chi connectivity index (χ3v) is 9.44. The largest absolute Gasteiger partial charge is 0.494 e. The Hall–Kier alpha value is -3.10. The van der Waals surface area contributed by atoms with Crippen molar-refractivity contribution in [2.24, 2.45) is 11.3 Å². The Morgan fingerprint density at radius 2 is 1.87 bits per heavy atom. The minimum atomic E-state index is -0.160. The fraction of sp³-hybridized carbons (Fsp3) is 0.387. The average molecular weight is 562 g/mol. The Kier molecular flexibility index (Phi) is 7.87. The molecule has 1 atom stereocenters. The molecule has 39 heavy (non-hydrogen) atoms. The number of benzene rings is 2. The number of aromatic nitrogens is 2. The highest BCUT2D eigenvalue weighted by Gasteiger charge is 2.32. The summed E-state index contributed by atoms with van der Waals surface area (Å²) in [6.45, 7) is 11.4. The van der Waals surface area contributed by atoms with Gasteiger partial charge in [-0.2, -0.15) is 0 Å². The van der Waals surface area contributed by atoms with Crippen LogP contribution in [0.25, 0.3) is 15.9 Å². The van der Waals surface area contributed by atoms with Crippen LogP contribution in [0.3, 0.4) is 0 Å². The van der Waals surface area contributed by atoms with Gasteiger partial charge in [-0.1, -0.05) is 50.2 Å². The highest BCUT2D eigenvalue weighted by atomic mass is 32.2. The first-order valence-electron chi connectivity index (χ1n) is 13.4. The fourth-order valence-corrected chi connectivity index (χ4v) is 7.25. The van der Waals surface area contributed by atoms with Crippen LogP contribution in [-0.2, 0) is 17.6 Å². The second-order valence-electron chi connectivity index (χ2n) is 11.2. The molecule has 2 heterocycles. The number of fused-ring (bicyclic) bond motifs is 3. The number of thiophene rings is 1. The van der Waals surface area contributed by atoms with E-state index in [1.807, 2.05) is 62.4 Å². The van der Waals surface area contributed by atoms with E-state index in [4.69, 9.17) is 9.72 Å². The molecular formula is C31H35N3O3S2. The number of carbonyl (C=O) groups excluding carboxylic acids is 1. The summed E-state index contributed by atoms with van der Waals surface area (Å²) in [4.78, 5) is 34.0. The van der Waals surface area contributed by atoms with Crippen molar-refractivity contribution >= 4 is 44.9 Å². The first-order chi connectivity index (χ1) is 18.6. The highest BCUT2D eigenvalue weighted by molar-refractivity contribution is 7.99. The molecule has 1 unspecified atom stereocenters. The zero-order valence-corrected chi connectivity index (χ0v) is 24.8. The number of anilines is 1. The Morgan fingerprint density at radius 3 is 2.54 bits per heavy atom. The molecule has 6 nitrogen and oxygen atoms in total. The monoisotopic (exact) mass is 561 g/mol. The van der Waals surface area contributed by atoms with Crippen molar-refractivity contribution in [3.63, 3.8) is 0 Å². The van der Waals surface area contributed by atoms with Crippen molar-refractivity contribution in [2.75, 3.05) is 17.7 Å². The maximum absolute atomic E-state index is 14.1. The summed E-state index contributed by atoms with van der Waals surface area (Å²) in [6.07, 6.45) is 2.96. The fourth-order valence-electron chi connectivity index (χ4n) is 5.09. The number of aryl methyl sites for hydroxylation is 2. The number of carbonyl (C=O) groups is 1. The second kappa shape index (κ2) is 11.2. The molecule has 1 amide bonds. The summed E-state index contributed by atoms with van der Waals surface area (Å²) in [5.41, 5.74) is 3.91. The molecular weight excluding hydrogens is 526 g/mol. The van der Waals surface area contributed by atoms with E-state index in [0.29, 0.717) is 23.4 Å². The van der Waals surface area contributed by atoms with Gasteiger partial charge in [0.05, 0.1) is 23.4 Å². The van der Waals surface area contributed by atoms with Crippen LogP contribution in [0.1, 0.15) is 50.1 Å². The van der Waals surface area contributed by atoms with Gasteiger partial charge >= 0.3 is 0 Å². The third-order valence-electron chi connectivity index (χ3n) is 7.35. The smallest absolute Gasteiger partial charge is 0.267 e. The van der Waals surface area contributed by atoms with Crippen LogP contribution in [0.4, 0.5) is 5.69 Å². The molecule has 1 aliphatic rings. The Bertz CT molecular complexity index is 1550. The molecule has 5 rings (SSSR count). The van der Waals surface area contributed by atoms with Crippen LogP contribution in [0.15, 0.2) is 58.5 Å². The van der Waals surface area contributed by atoms with Gasteiger partial charge in [0.15, 0.2) is 5.16 Å². The Morgan fingerprint density at radius 1 is 1.15 bits per heavy atom. The lowest BCUT2D eigenvalue weighted by Crippen LogP contribution is -2.27. The van der Waals surface area contributed by atoms with Crippen LogP contribution in [0.2, 0.25) is 0 Å². The molecule has 2 aromatic carbocycles. The predicted molar refractivity (Wildman–Crippen MR) is 162 cm³/mol. The van der Waals surface area contributed by atoms with E-state index in [1.54, 1.807) is 15.9 Å². The van der Waals surface area contributed by atoms with Gasteiger partial charge in [-0.25, -0.2) is 4.98 Å². The average Bonchev–Trinajstić information content (AvgIpc) is 3.27. The summed E-state index contributed by atoms with van der Waals surface area (Å²) < 4.78 is 7.16. The van der Waals surface area contributed by atoms with Crippen molar-refractivity contribution in [2.45, 2.75) is 59.0 Å². The molecule has 1 aliphatic carbocycles. The van der Waals surface area contributed by atoms with E-state index in [9.17, 15) is 9.59 Å². The molecule has 0 bridgehead atoms. The highest BCUT2D eigenvalue weighted by Crippen LogP contribution is 2.42. The molecule has 0 spiro atoms. The molecule has 4 aromatic rings. The zero-order chi connectivity index (χ0) is 27.7. The molecule has 8 heteroatoms. The van der Waals surface area contributed by atoms with Crippen molar-refractivity contribution in [3.05, 3.63) is 74.9 Å². The van der Waals surface area contributed by atoms with Crippen LogP contribution in [0, 0.1) is 18.3 Å². The lowest BCUT2D eigenvalue weighted by atomic mass is 9.72. The lowest BCUT2D eigenvalue weighted by Gasteiger charge is -2.33. The molecule has 0 saturated carbocycles. The number of hydrogen-bond acceptors (Lipinski definition) is 6. The predicted octanol–water partition coefficient (Wildman–Crippen LogP) is 7.04. The summed E-state index contributed by atoms with van der Waals surface area (Å²) in [6, 6.07) is 15.2. The topological polar surface area (TPSA) is 73.2 Å². The van der Waals surface area contributed by atoms with Gasteiger partial charge in [0.25, 0.3) is 5.56 Å². The summed E-state index contributed by atoms with van der Waals surface area (Å²) in [5.74, 6) is 1.32. The maximum Gasteiger partial charge on any atom is 0.267 e. The SMILES string of the molecule is CCOc1ccc(NC(=O)CSc2nc3sc4c(c3c(=O)n2-c2ccc(C)cc2)CCC(C(C)(C)C)C4)cc1. The molecule has 1 N–H and O–H groups in total. The Labute approximate surface area is 237 Å². The Balaban J connectivity index is 1.47. The number of nitrogens with zero attached hydrogens (tertiary/aromatic N) is 2. The number of ether oxygens (including phenoxy) is 1. The maximum atomic E-state index is 14.1. The van der Waals surface area contributed by atoms with Gasteiger partial charge in [-0.15, -0.1) is 11.3 Å². The van der Waals surface area contributed by atoms with E-state index >= 15 is 0 Å². The normalized spacial score (nSPS) is 15.3. The quantitative estimate of drug-likeness (QED) is 0.194. The molecule has 2 aromatic heterocycles. The van der Waals surface area contributed by atoms with Crippen LogP contribution < -0.4 is 15.6 Å². The van der Waals surface area contributed by atoms with Crippen molar-refractivity contribution in [1.82, 2.24) is 9.55 Å². The molecule has 0 aliphatic heterocycles. The number of nitrogens with one attached hydrogen (secondary N) is 1. The molecule has 0 fully saturated rings.